The molecule has 7 heteroatoms. The van der Waals surface area contributed by atoms with Gasteiger partial charge in [0.1, 0.15) is 4.90 Å². The number of nitrogens with one attached hydrogen (secondary N) is 3. The van der Waals surface area contributed by atoms with Crippen LogP contribution in [-0.2, 0) is 22.9 Å². The molecule has 0 bridgehead atoms. The van der Waals surface area contributed by atoms with Crippen molar-refractivity contribution in [2.75, 3.05) is 10.0 Å². The number of H-pyrrole nitrogens is 1. The summed E-state index contributed by atoms with van der Waals surface area (Å²) in [6.45, 7) is 7.63. The van der Waals surface area contributed by atoms with Crippen molar-refractivity contribution >= 4 is 27.1 Å². The van der Waals surface area contributed by atoms with Gasteiger partial charge in [0.05, 0.1) is 11.4 Å². The van der Waals surface area contributed by atoms with Crippen LogP contribution >= 0.6 is 0 Å². The van der Waals surface area contributed by atoms with E-state index in [2.05, 4.69) is 52.3 Å². The molecule has 6 nitrogen and oxygen atoms in total. The van der Waals surface area contributed by atoms with Crippen LogP contribution in [0.25, 0.3) is 0 Å². The topological polar surface area (TPSA) is 86.9 Å². The highest BCUT2D eigenvalue weighted by Crippen LogP contribution is 2.28. The van der Waals surface area contributed by atoms with Crippen LogP contribution in [0.15, 0.2) is 47.4 Å². The first-order valence-corrected chi connectivity index (χ1v) is 10.9. The van der Waals surface area contributed by atoms with Crippen molar-refractivity contribution in [3.05, 3.63) is 65.0 Å². The van der Waals surface area contributed by atoms with E-state index in [0.717, 1.165) is 24.2 Å². The Balaban J connectivity index is 1.82. The van der Waals surface area contributed by atoms with Gasteiger partial charge in [0, 0.05) is 17.1 Å². The van der Waals surface area contributed by atoms with E-state index in [1.807, 2.05) is 12.1 Å². The molecule has 148 valence electrons. The highest BCUT2D eigenvalue weighted by atomic mass is 32.2. The lowest BCUT2D eigenvalue weighted by molar-refractivity contribution is 0.600. The first-order chi connectivity index (χ1) is 13.4. The molecule has 0 saturated carbocycles. The third-order valence-corrected chi connectivity index (χ3v) is 6.38. The Morgan fingerprint density at radius 1 is 0.929 bits per heavy atom. The summed E-state index contributed by atoms with van der Waals surface area (Å²) in [5.74, 6) is 0. The second-order valence-corrected chi connectivity index (χ2v) is 8.35. The van der Waals surface area contributed by atoms with Gasteiger partial charge >= 0.3 is 0 Å². The molecular weight excluding hydrogens is 372 g/mol. The van der Waals surface area contributed by atoms with Crippen LogP contribution in [0.5, 0.6) is 0 Å². The molecule has 0 fully saturated rings. The first-order valence-electron chi connectivity index (χ1n) is 9.38. The van der Waals surface area contributed by atoms with E-state index < -0.39 is 10.0 Å². The second kappa shape index (κ2) is 8.06. The molecule has 0 radical (unpaired) electrons. The number of aromatic nitrogens is 2. The summed E-state index contributed by atoms with van der Waals surface area (Å²) >= 11 is 0. The number of hydrogen-bond acceptors (Lipinski definition) is 4. The fourth-order valence-corrected chi connectivity index (χ4v) is 4.74. The summed E-state index contributed by atoms with van der Waals surface area (Å²) in [7, 11) is -3.69. The van der Waals surface area contributed by atoms with Crippen molar-refractivity contribution in [3.8, 4) is 0 Å². The summed E-state index contributed by atoms with van der Waals surface area (Å²) < 4.78 is 27.9. The molecule has 0 aliphatic heterocycles. The molecule has 1 aromatic heterocycles. The number of rotatable bonds is 7. The molecule has 3 rings (SSSR count). The zero-order chi connectivity index (χ0) is 20.3. The summed E-state index contributed by atoms with van der Waals surface area (Å²) in [4.78, 5) is 0.194. The van der Waals surface area contributed by atoms with Gasteiger partial charge in [-0.05, 0) is 62.1 Å². The largest absolute Gasteiger partial charge is 0.355 e. The molecule has 0 amide bonds. The van der Waals surface area contributed by atoms with Crippen LogP contribution in [0, 0.1) is 13.8 Å². The molecule has 0 saturated heterocycles. The van der Waals surface area contributed by atoms with Crippen molar-refractivity contribution in [3.63, 3.8) is 0 Å². The van der Waals surface area contributed by atoms with E-state index in [0.29, 0.717) is 17.1 Å². The van der Waals surface area contributed by atoms with E-state index in [9.17, 15) is 8.42 Å². The number of benzene rings is 2. The van der Waals surface area contributed by atoms with Crippen molar-refractivity contribution < 1.29 is 8.42 Å². The molecule has 0 spiro atoms. The van der Waals surface area contributed by atoms with Gasteiger partial charge < -0.3 is 5.32 Å². The van der Waals surface area contributed by atoms with Crippen molar-refractivity contribution in [2.45, 2.75) is 45.4 Å². The van der Waals surface area contributed by atoms with E-state index >= 15 is 0 Å². The lowest BCUT2D eigenvalue weighted by Gasteiger charge is -2.16. The van der Waals surface area contributed by atoms with Gasteiger partial charge in [-0.25, -0.2) is 8.42 Å². The van der Waals surface area contributed by atoms with Gasteiger partial charge in [-0.3, -0.25) is 9.82 Å². The lowest BCUT2D eigenvalue weighted by Crippen LogP contribution is -2.14. The van der Waals surface area contributed by atoms with Gasteiger partial charge in [-0.1, -0.05) is 32.0 Å². The number of hydrogen-bond donors (Lipinski definition) is 3. The maximum absolute atomic E-state index is 12.7. The van der Waals surface area contributed by atoms with Crippen LogP contribution in [0.1, 0.15) is 36.4 Å². The van der Waals surface area contributed by atoms with E-state index in [1.54, 1.807) is 26.0 Å². The number of aromatic amines is 1. The van der Waals surface area contributed by atoms with E-state index in [1.165, 1.54) is 11.1 Å². The Morgan fingerprint density at radius 3 is 2.00 bits per heavy atom. The smallest absolute Gasteiger partial charge is 0.265 e. The molecule has 28 heavy (non-hydrogen) atoms. The molecular formula is C21H26N4O2S. The van der Waals surface area contributed by atoms with Crippen molar-refractivity contribution in [1.29, 1.82) is 0 Å². The Labute approximate surface area is 166 Å². The number of aryl methyl sites for hydroxylation is 4. The third kappa shape index (κ3) is 4.04. The minimum Gasteiger partial charge on any atom is -0.355 e. The minimum atomic E-state index is -3.69. The SMILES string of the molecule is CCc1cccc(CC)c1Nc1ccc(NS(=O)(=O)c2c(C)n[nH]c2C)cc1. The van der Waals surface area contributed by atoms with Crippen molar-refractivity contribution in [1.82, 2.24) is 10.2 Å². The lowest BCUT2D eigenvalue weighted by atomic mass is 10.0. The fraction of sp³-hybridized carbons (Fsp3) is 0.286. The number of sulfonamides is 1. The monoisotopic (exact) mass is 398 g/mol. The summed E-state index contributed by atoms with van der Waals surface area (Å²) in [6, 6.07) is 13.6. The average Bonchev–Trinajstić information content (AvgIpc) is 3.02. The van der Waals surface area contributed by atoms with Crippen LogP contribution in [0.4, 0.5) is 17.1 Å². The maximum Gasteiger partial charge on any atom is 0.265 e. The zero-order valence-corrected chi connectivity index (χ0v) is 17.4. The molecule has 3 N–H and O–H groups in total. The first kappa shape index (κ1) is 19.9. The number of anilines is 3. The van der Waals surface area contributed by atoms with Crippen LogP contribution in [-0.4, -0.2) is 18.6 Å². The summed E-state index contributed by atoms with van der Waals surface area (Å²) in [6.07, 6.45) is 1.88. The predicted molar refractivity (Wildman–Crippen MR) is 114 cm³/mol. The van der Waals surface area contributed by atoms with Crippen molar-refractivity contribution in [2.24, 2.45) is 0 Å². The van der Waals surface area contributed by atoms with E-state index in [4.69, 9.17) is 0 Å². The molecule has 0 atom stereocenters. The van der Waals surface area contributed by atoms with Gasteiger partial charge in [0.25, 0.3) is 10.0 Å². The highest BCUT2D eigenvalue weighted by Gasteiger charge is 2.22. The molecule has 2 aromatic carbocycles. The average molecular weight is 399 g/mol. The maximum atomic E-state index is 12.7. The van der Waals surface area contributed by atoms with Crippen LogP contribution < -0.4 is 10.0 Å². The number of para-hydroxylation sites is 1. The number of nitrogens with zero attached hydrogens (tertiary/aromatic N) is 1. The molecule has 0 aliphatic rings. The Morgan fingerprint density at radius 2 is 1.50 bits per heavy atom. The van der Waals surface area contributed by atoms with Gasteiger partial charge in [0.2, 0.25) is 0 Å². The van der Waals surface area contributed by atoms with Crippen LogP contribution in [0.3, 0.4) is 0 Å². The molecule has 0 aliphatic carbocycles. The van der Waals surface area contributed by atoms with Gasteiger partial charge in [-0.2, -0.15) is 5.10 Å². The normalized spacial score (nSPS) is 11.4. The standard InChI is InChI=1S/C21H26N4O2S/c1-5-16-8-7-9-17(6-2)20(16)22-18-10-12-19(13-11-18)25-28(26,27)21-14(3)23-24-15(21)4/h7-13,22,25H,5-6H2,1-4H3,(H,23,24). The zero-order valence-electron chi connectivity index (χ0n) is 16.6. The fourth-order valence-electron chi connectivity index (χ4n) is 3.31. The molecule has 3 aromatic rings. The van der Waals surface area contributed by atoms with Gasteiger partial charge in [-0.15, -0.1) is 0 Å². The van der Waals surface area contributed by atoms with Gasteiger partial charge in [0.15, 0.2) is 0 Å². The molecule has 1 heterocycles. The third-order valence-electron chi connectivity index (χ3n) is 4.73. The van der Waals surface area contributed by atoms with Crippen LogP contribution in [0.2, 0.25) is 0 Å². The predicted octanol–water partition coefficient (Wildman–Crippen LogP) is 4.70. The highest BCUT2D eigenvalue weighted by molar-refractivity contribution is 7.92. The molecule has 0 unspecified atom stereocenters. The Hall–Kier alpha value is -2.80. The second-order valence-electron chi connectivity index (χ2n) is 6.73. The minimum absolute atomic E-state index is 0.194. The summed E-state index contributed by atoms with van der Waals surface area (Å²) in [5.41, 5.74) is 6.04. The quantitative estimate of drug-likeness (QED) is 0.538. The van der Waals surface area contributed by atoms with E-state index in [-0.39, 0.29) is 4.90 Å². The Bertz CT molecular complexity index is 1030. The summed E-state index contributed by atoms with van der Waals surface area (Å²) in [5, 5.41) is 10.2. The Kier molecular flexibility index (Phi) is 5.74.